The molecule has 16 heavy (non-hydrogen) atoms. The van der Waals surface area contributed by atoms with Crippen LogP contribution in [0.4, 0.5) is 0 Å². The Kier molecular flexibility index (Phi) is 7.52. The predicted octanol–water partition coefficient (Wildman–Crippen LogP) is 3.54. The fraction of sp³-hybridized carbons (Fsp3) is 0.857. The van der Waals surface area contributed by atoms with Crippen LogP contribution in [-0.2, 0) is 0 Å². The van der Waals surface area contributed by atoms with E-state index in [0.29, 0.717) is 6.04 Å². The molecule has 1 fully saturated rings. The van der Waals surface area contributed by atoms with Gasteiger partial charge < -0.3 is 0 Å². The highest BCUT2D eigenvalue weighted by atomic mass is 15.2. The van der Waals surface area contributed by atoms with Crippen LogP contribution in [0.2, 0.25) is 0 Å². The minimum atomic E-state index is 0.526. The fourth-order valence-corrected chi connectivity index (χ4v) is 2.83. The molecule has 0 amide bonds. The molecule has 0 aliphatic heterocycles. The van der Waals surface area contributed by atoms with Gasteiger partial charge in [0.1, 0.15) is 0 Å². The number of hydrogen-bond donors (Lipinski definition) is 2. The van der Waals surface area contributed by atoms with Crippen LogP contribution in [0.3, 0.4) is 0 Å². The summed E-state index contributed by atoms with van der Waals surface area (Å²) in [6, 6.07) is 0.526. The van der Waals surface area contributed by atoms with Crippen LogP contribution >= 0.6 is 0 Å². The quantitative estimate of drug-likeness (QED) is 0.313. The molecule has 2 nitrogen and oxygen atoms in total. The van der Waals surface area contributed by atoms with E-state index in [1.807, 2.05) is 6.08 Å². The van der Waals surface area contributed by atoms with E-state index in [-0.39, 0.29) is 0 Å². The van der Waals surface area contributed by atoms with E-state index in [4.69, 9.17) is 5.84 Å². The Morgan fingerprint density at radius 3 is 2.38 bits per heavy atom. The topological polar surface area (TPSA) is 38.0 Å². The lowest BCUT2D eigenvalue weighted by atomic mass is 9.84. The number of rotatable bonds is 6. The van der Waals surface area contributed by atoms with E-state index >= 15 is 0 Å². The number of allylic oxidation sites excluding steroid dienone is 1. The van der Waals surface area contributed by atoms with Crippen LogP contribution in [0.5, 0.6) is 0 Å². The standard InChI is InChI=1S/C14H28N2/c1-2-3-7-12-14(16-15)13-10-8-5-4-6-9-11-13/h2,13-14,16H,1,3-12,15H2. The van der Waals surface area contributed by atoms with Gasteiger partial charge in [0.05, 0.1) is 0 Å². The molecular formula is C14H28N2. The highest BCUT2D eigenvalue weighted by Crippen LogP contribution is 2.26. The third kappa shape index (κ3) is 5.13. The van der Waals surface area contributed by atoms with Gasteiger partial charge >= 0.3 is 0 Å². The molecule has 0 saturated heterocycles. The van der Waals surface area contributed by atoms with Crippen LogP contribution in [0.15, 0.2) is 12.7 Å². The molecule has 1 saturated carbocycles. The second-order valence-electron chi connectivity index (χ2n) is 5.10. The second-order valence-corrected chi connectivity index (χ2v) is 5.10. The highest BCUT2D eigenvalue weighted by Gasteiger charge is 2.20. The molecule has 1 rings (SSSR count). The first-order valence-electron chi connectivity index (χ1n) is 6.95. The minimum Gasteiger partial charge on any atom is -0.271 e. The van der Waals surface area contributed by atoms with Crippen LogP contribution in [0.1, 0.15) is 64.2 Å². The normalized spacial score (nSPS) is 21.1. The molecule has 0 aromatic carbocycles. The van der Waals surface area contributed by atoms with Crippen LogP contribution < -0.4 is 11.3 Å². The number of unbranched alkanes of at least 4 members (excludes halogenated alkanes) is 1. The van der Waals surface area contributed by atoms with Gasteiger partial charge in [0.25, 0.3) is 0 Å². The second kappa shape index (κ2) is 8.77. The first-order chi connectivity index (χ1) is 7.88. The van der Waals surface area contributed by atoms with Crippen molar-refractivity contribution < 1.29 is 0 Å². The number of nitrogens with two attached hydrogens (primary N) is 1. The maximum absolute atomic E-state index is 5.70. The third-order valence-electron chi connectivity index (χ3n) is 3.86. The zero-order chi connectivity index (χ0) is 11.6. The van der Waals surface area contributed by atoms with E-state index in [2.05, 4.69) is 12.0 Å². The zero-order valence-corrected chi connectivity index (χ0v) is 10.6. The van der Waals surface area contributed by atoms with Crippen molar-refractivity contribution in [3.05, 3.63) is 12.7 Å². The van der Waals surface area contributed by atoms with Gasteiger partial charge in [0.2, 0.25) is 0 Å². The molecule has 1 unspecified atom stereocenters. The third-order valence-corrected chi connectivity index (χ3v) is 3.86. The molecule has 0 bridgehead atoms. The Morgan fingerprint density at radius 2 is 1.81 bits per heavy atom. The monoisotopic (exact) mass is 224 g/mol. The first-order valence-corrected chi connectivity index (χ1v) is 6.95. The van der Waals surface area contributed by atoms with Gasteiger partial charge in [-0.25, -0.2) is 0 Å². The smallest absolute Gasteiger partial charge is 0.0238 e. The SMILES string of the molecule is C=CCCCC(NN)C1CCCCCCC1. The van der Waals surface area contributed by atoms with Gasteiger partial charge in [-0.1, -0.05) is 38.2 Å². The average Bonchev–Trinajstić information content (AvgIpc) is 2.25. The van der Waals surface area contributed by atoms with E-state index in [1.165, 1.54) is 57.8 Å². The van der Waals surface area contributed by atoms with Crippen LogP contribution in [0.25, 0.3) is 0 Å². The maximum Gasteiger partial charge on any atom is 0.0238 e. The molecule has 0 spiro atoms. The van der Waals surface area contributed by atoms with Crippen molar-refractivity contribution in [3.8, 4) is 0 Å². The zero-order valence-electron chi connectivity index (χ0n) is 10.6. The highest BCUT2D eigenvalue weighted by molar-refractivity contribution is 4.77. The summed E-state index contributed by atoms with van der Waals surface area (Å²) >= 11 is 0. The van der Waals surface area contributed by atoms with E-state index in [9.17, 15) is 0 Å². The van der Waals surface area contributed by atoms with Crippen molar-refractivity contribution in [2.24, 2.45) is 11.8 Å². The molecule has 0 aromatic heterocycles. The van der Waals surface area contributed by atoms with Crippen molar-refractivity contribution in [2.75, 3.05) is 0 Å². The summed E-state index contributed by atoms with van der Waals surface area (Å²) in [6.07, 6.45) is 15.3. The van der Waals surface area contributed by atoms with E-state index < -0.39 is 0 Å². The van der Waals surface area contributed by atoms with Gasteiger partial charge in [0, 0.05) is 6.04 Å². The van der Waals surface area contributed by atoms with Crippen LogP contribution in [-0.4, -0.2) is 6.04 Å². The average molecular weight is 224 g/mol. The molecule has 1 aliphatic rings. The summed E-state index contributed by atoms with van der Waals surface area (Å²) in [4.78, 5) is 0. The van der Waals surface area contributed by atoms with Crippen LogP contribution in [0, 0.1) is 5.92 Å². The lowest BCUT2D eigenvalue weighted by Crippen LogP contribution is -2.41. The summed E-state index contributed by atoms with van der Waals surface area (Å²) in [5.74, 6) is 6.50. The summed E-state index contributed by atoms with van der Waals surface area (Å²) < 4.78 is 0. The Balaban J connectivity index is 2.32. The summed E-state index contributed by atoms with van der Waals surface area (Å²) in [6.45, 7) is 3.77. The van der Waals surface area contributed by atoms with Crippen molar-refractivity contribution in [3.63, 3.8) is 0 Å². The molecule has 94 valence electrons. The predicted molar refractivity (Wildman–Crippen MR) is 71.0 cm³/mol. The summed E-state index contributed by atoms with van der Waals surface area (Å²) in [5.41, 5.74) is 3.04. The maximum atomic E-state index is 5.70. The minimum absolute atomic E-state index is 0.526. The van der Waals surface area contributed by atoms with E-state index in [0.717, 1.165) is 12.3 Å². The van der Waals surface area contributed by atoms with Crippen molar-refractivity contribution in [1.82, 2.24) is 5.43 Å². The van der Waals surface area contributed by atoms with Crippen molar-refractivity contribution >= 4 is 0 Å². The number of hydrazine groups is 1. The van der Waals surface area contributed by atoms with E-state index in [1.54, 1.807) is 0 Å². The van der Waals surface area contributed by atoms with Crippen molar-refractivity contribution in [1.29, 1.82) is 0 Å². The Hall–Kier alpha value is -0.340. The van der Waals surface area contributed by atoms with Gasteiger partial charge in [0.15, 0.2) is 0 Å². The first kappa shape index (κ1) is 13.7. The molecule has 1 atom stereocenters. The van der Waals surface area contributed by atoms with Gasteiger partial charge in [-0.05, 0) is 38.0 Å². The Labute approximate surface area is 101 Å². The lowest BCUT2D eigenvalue weighted by molar-refractivity contribution is 0.272. The molecule has 0 heterocycles. The number of hydrogen-bond acceptors (Lipinski definition) is 2. The molecule has 1 aliphatic carbocycles. The molecule has 0 aromatic rings. The Bertz CT molecular complexity index is 172. The van der Waals surface area contributed by atoms with Crippen molar-refractivity contribution in [2.45, 2.75) is 70.3 Å². The molecule has 3 N–H and O–H groups in total. The van der Waals surface area contributed by atoms with Gasteiger partial charge in [-0.3, -0.25) is 11.3 Å². The number of nitrogens with one attached hydrogen (secondary N) is 1. The fourth-order valence-electron chi connectivity index (χ4n) is 2.83. The summed E-state index contributed by atoms with van der Waals surface area (Å²) in [7, 11) is 0. The largest absolute Gasteiger partial charge is 0.271 e. The van der Waals surface area contributed by atoms with Gasteiger partial charge in [-0.15, -0.1) is 6.58 Å². The molecular weight excluding hydrogens is 196 g/mol. The lowest BCUT2D eigenvalue weighted by Gasteiger charge is -2.28. The summed E-state index contributed by atoms with van der Waals surface area (Å²) in [5, 5.41) is 0. The Morgan fingerprint density at radius 1 is 1.19 bits per heavy atom. The van der Waals surface area contributed by atoms with Gasteiger partial charge in [-0.2, -0.15) is 0 Å². The molecule has 0 radical (unpaired) electrons. The molecule has 2 heteroatoms.